The molecule has 0 aliphatic rings. The molecule has 0 saturated carbocycles. The summed E-state index contributed by atoms with van der Waals surface area (Å²) in [6.45, 7) is 5.66. The molecule has 6 aromatic carbocycles. The predicted molar refractivity (Wildman–Crippen MR) is 259 cm³/mol. The summed E-state index contributed by atoms with van der Waals surface area (Å²) in [6.07, 6.45) is 0.303. The molecule has 0 aliphatic carbocycles. The first-order valence-corrected chi connectivity index (χ1v) is 28.3. The van der Waals surface area contributed by atoms with Crippen LogP contribution in [0.1, 0.15) is 44.3 Å². The Balaban J connectivity index is 0.000000186. The molecule has 5 heterocycles. The van der Waals surface area contributed by atoms with E-state index in [1.54, 1.807) is 18.2 Å². The number of furan rings is 2. The first-order valence-electron chi connectivity index (χ1n) is 23.4. The van der Waals surface area contributed by atoms with E-state index in [0.29, 0.717) is 50.4 Å². The summed E-state index contributed by atoms with van der Waals surface area (Å²) < 4.78 is 70.1. The van der Waals surface area contributed by atoms with Gasteiger partial charge >= 0.3 is 145 Å². The molecule has 11 rings (SSSR count). The van der Waals surface area contributed by atoms with Crippen LogP contribution < -0.4 is 4.40 Å². The van der Waals surface area contributed by atoms with Gasteiger partial charge in [-0.1, -0.05) is 47.3 Å². The summed E-state index contributed by atoms with van der Waals surface area (Å²) in [5.74, 6) is 7.07. The Labute approximate surface area is 395 Å². The molecule has 0 aliphatic heterocycles. The van der Waals surface area contributed by atoms with Crippen molar-refractivity contribution >= 4 is 83.6 Å². The zero-order valence-corrected chi connectivity index (χ0v) is 40.9. The Morgan fingerprint density at radius 2 is 1.62 bits per heavy atom. The number of aryl methyl sites for hydroxylation is 2. The Morgan fingerprint density at radius 3 is 2.41 bits per heavy atom. The van der Waals surface area contributed by atoms with Crippen LogP contribution >= 0.6 is 0 Å². The molecule has 9 heteroatoms. The predicted octanol–water partition coefficient (Wildman–Crippen LogP) is 14.3. The van der Waals surface area contributed by atoms with Gasteiger partial charge in [0.05, 0.1) is 33.6 Å². The van der Waals surface area contributed by atoms with Crippen LogP contribution in [-0.4, -0.2) is 32.8 Å². The summed E-state index contributed by atoms with van der Waals surface area (Å²) in [7, 11) is 0. The van der Waals surface area contributed by atoms with E-state index in [9.17, 15) is 4.39 Å². The fourth-order valence-electron chi connectivity index (χ4n) is 8.35. The van der Waals surface area contributed by atoms with Gasteiger partial charge in [0.2, 0.25) is 5.71 Å². The maximum Gasteiger partial charge on any atom is 0 e. The summed E-state index contributed by atoms with van der Waals surface area (Å²) in [4.78, 5) is 14.4. The van der Waals surface area contributed by atoms with E-state index < -0.39 is 31.9 Å². The third kappa shape index (κ3) is 7.97. The Bertz CT molecular complexity index is 3770. The smallest absolute Gasteiger partial charge is 0 e. The Morgan fingerprint density at radius 1 is 0.812 bits per heavy atom. The minimum Gasteiger partial charge on any atom is 0 e. The monoisotopic (exact) mass is 1090 g/mol. The Hall–Kier alpha value is -5.93. The van der Waals surface area contributed by atoms with Crippen molar-refractivity contribution in [2.45, 2.75) is 58.2 Å². The molecule has 5 aromatic heterocycles. The average Bonchev–Trinajstić information content (AvgIpc) is 3.99. The molecule has 0 atom stereocenters. The van der Waals surface area contributed by atoms with Crippen LogP contribution in [0.2, 0.25) is 17.3 Å². The van der Waals surface area contributed by atoms with Gasteiger partial charge in [-0.15, -0.1) is 18.2 Å². The zero-order chi connectivity index (χ0) is 48.1. The van der Waals surface area contributed by atoms with Crippen molar-refractivity contribution in [3.63, 3.8) is 0 Å². The summed E-state index contributed by atoms with van der Waals surface area (Å²) in [5, 5.41) is 4.55. The van der Waals surface area contributed by atoms with Gasteiger partial charge in [-0.05, 0) is 61.0 Å². The van der Waals surface area contributed by atoms with E-state index in [2.05, 4.69) is 70.1 Å². The van der Waals surface area contributed by atoms with Gasteiger partial charge in [0.15, 0.2) is 5.58 Å². The van der Waals surface area contributed by atoms with Crippen molar-refractivity contribution in [2.24, 2.45) is 5.41 Å². The normalized spacial score (nSPS) is 13.7. The van der Waals surface area contributed by atoms with E-state index in [1.807, 2.05) is 87.6 Å². The molecule has 11 aromatic rings. The van der Waals surface area contributed by atoms with Crippen LogP contribution in [-0.2, 0) is 26.5 Å². The molecule has 1 radical (unpaired) electrons. The first-order chi connectivity index (χ1) is 32.2. The van der Waals surface area contributed by atoms with Gasteiger partial charge < -0.3 is 13.4 Å². The van der Waals surface area contributed by atoms with Crippen LogP contribution in [0.3, 0.4) is 0 Å². The van der Waals surface area contributed by atoms with Gasteiger partial charge in [-0.25, -0.2) is 9.37 Å². The van der Waals surface area contributed by atoms with Crippen molar-refractivity contribution in [3.05, 3.63) is 162 Å². The number of hydrogen-bond acceptors (Lipinski definition) is 5. The van der Waals surface area contributed by atoms with Crippen molar-refractivity contribution in [1.82, 2.24) is 19.5 Å². The maximum absolute atomic E-state index is 14.0. The van der Waals surface area contributed by atoms with Crippen LogP contribution in [0, 0.1) is 37.1 Å². The number of halogens is 1. The number of aromatic nitrogens is 4. The third-order valence-electron chi connectivity index (χ3n) is 11.2. The second kappa shape index (κ2) is 16.6. The van der Waals surface area contributed by atoms with Crippen molar-refractivity contribution in [1.29, 1.82) is 0 Å². The topological polar surface area (TPSA) is 69.9 Å². The molecule has 0 saturated heterocycles. The van der Waals surface area contributed by atoms with Gasteiger partial charge in [0, 0.05) is 41.7 Å². The number of imidazole rings is 1. The SMILES string of the molecule is Cc1ccc(-n2c(-c3[c-]ccc4c3oc3nc5ccc(F)cc5cc34)nc3ccccc32)c2oc3ccccc3c12.[2H]C([2H])([2H])c1c[c-]c(-c2cc(C([2H])([2H])C(C)(C)C)[c]([Ge]([CH3])([CH3])[CH3])cn2)cc1.[Ir]. The molecular weight excluding hydrogens is 1030 g/mol. The van der Waals surface area contributed by atoms with Gasteiger partial charge in [-0.3, -0.25) is 4.98 Å². The number of hydrogen-bond donors (Lipinski definition) is 0. The zero-order valence-electron chi connectivity index (χ0n) is 41.4. The van der Waals surface area contributed by atoms with Crippen LogP contribution in [0.5, 0.6) is 0 Å². The first kappa shape index (κ1) is 37.4. The Kier molecular flexibility index (Phi) is 9.69. The number of rotatable bonds is 5. The summed E-state index contributed by atoms with van der Waals surface area (Å²) in [6, 6.07) is 43.6. The fourth-order valence-corrected chi connectivity index (χ4v) is 11.3. The fraction of sp³-hybridized carbons (Fsp3) is 0.182. The quantitative estimate of drug-likeness (QED) is 0.127. The molecule has 6 nitrogen and oxygen atoms in total. The number of benzene rings is 6. The molecular formula is C55H47FGeIrN4O2-2. The van der Waals surface area contributed by atoms with E-state index in [1.165, 1.54) is 18.2 Å². The molecule has 0 spiro atoms. The molecule has 0 fully saturated rings. The van der Waals surface area contributed by atoms with E-state index in [-0.39, 0.29) is 31.5 Å². The molecule has 321 valence electrons. The molecule has 0 unspecified atom stereocenters. The van der Waals surface area contributed by atoms with Gasteiger partial charge in [-0.2, -0.15) is 0 Å². The maximum atomic E-state index is 14.0. The average molecular weight is 1080 g/mol. The molecule has 0 amide bonds. The van der Waals surface area contributed by atoms with Crippen LogP contribution in [0.15, 0.2) is 136 Å². The number of para-hydroxylation sites is 3. The second-order valence-corrected chi connectivity index (χ2v) is 28.6. The molecule has 0 bridgehead atoms. The standard InChI is InChI=1S/C35H19FN3O2.C20H28GeN.Ir/c1-19-13-16-29(33-31(19)23-7-2-5-12-30(23)40-33)39-28-11-4-3-10-27(28)37-34(39)24-9-6-8-22-25-18-20-17-21(36)14-15-26(20)38-35(25)41-32(22)24;1-15-8-10-16(11-9-15)19-12-17(13-20(2,3)4)18(14-22-19)21(5,6)7;/h2-8,10-18H,1H3;8-10,12,14H,13H2,1-7H3;/q2*-1;/i;1D3,13D2;. The second-order valence-electron chi connectivity index (χ2n) is 18.1. The minimum absolute atomic E-state index is 0. The molecule has 64 heavy (non-hydrogen) atoms. The van der Waals surface area contributed by atoms with Gasteiger partial charge in [0.1, 0.15) is 11.4 Å². The van der Waals surface area contributed by atoms with Crippen LogP contribution in [0.4, 0.5) is 4.39 Å². The van der Waals surface area contributed by atoms with E-state index in [4.69, 9.17) is 25.7 Å². The van der Waals surface area contributed by atoms with E-state index >= 15 is 0 Å². The third-order valence-corrected chi connectivity index (χ3v) is 15.5. The minimum atomic E-state index is -2.36. The number of fused-ring (bicyclic) bond motifs is 8. The largest absolute Gasteiger partial charge is 0 e. The van der Waals surface area contributed by atoms with Crippen molar-refractivity contribution < 1.29 is 40.2 Å². The van der Waals surface area contributed by atoms with Gasteiger partial charge in [0.25, 0.3) is 0 Å². The number of pyridine rings is 2. The van der Waals surface area contributed by atoms with Crippen molar-refractivity contribution in [3.8, 4) is 28.3 Å². The molecule has 0 N–H and O–H groups in total. The van der Waals surface area contributed by atoms with E-state index in [0.717, 1.165) is 59.4 Å². The van der Waals surface area contributed by atoms with Crippen LogP contribution in [0.25, 0.3) is 94.3 Å². The summed E-state index contributed by atoms with van der Waals surface area (Å²) in [5.41, 5.74) is 9.56. The summed E-state index contributed by atoms with van der Waals surface area (Å²) >= 11 is -2.36. The number of nitrogens with zero attached hydrogens (tertiary/aromatic N) is 4. The van der Waals surface area contributed by atoms with Crippen molar-refractivity contribution in [2.75, 3.05) is 0 Å².